The average molecular weight is 378 g/mol. The van der Waals surface area contributed by atoms with Crippen LogP contribution in [0.15, 0.2) is 36.5 Å². The molecule has 1 aliphatic rings. The molecule has 0 saturated carbocycles. The lowest BCUT2D eigenvalue weighted by molar-refractivity contribution is 0.0718. The SMILES string of the molecule is O=C(Nc1cc(Cl)ccc1Cl)c1ccnc(C(=O)N2CCCCC2)c1. The number of amides is 2. The first kappa shape index (κ1) is 17.7. The maximum Gasteiger partial charge on any atom is 0.272 e. The van der Waals surface area contributed by atoms with Gasteiger partial charge in [-0.15, -0.1) is 0 Å². The Morgan fingerprint density at radius 1 is 1.04 bits per heavy atom. The number of hydrogen-bond donors (Lipinski definition) is 1. The van der Waals surface area contributed by atoms with Crippen LogP contribution in [0.1, 0.15) is 40.1 Å². The highest BCUT2D eigenvalue weighted by Gasteiger charge is 2.20. The van der Waals surface area contributed by atoms with Crippen LogP contribution in [0.5, 0.6) is 0 Å². The Bertz CT molecular complexity index is 805. The Kier molecular flexibility index (Phi) is 5.56. The smallest absolute Gasteiger partial charge is 0.272 e. The highest BCUT2D eigenvalue weighted by molar-refractivity contribution is 6.35. The van der Waals surface area contributed by atoms with Crippen molar-refractivity contribution < 1.29 is 9.59 Å². The highest BCUT2D eigenvalue weighted by atomic mass is 35.5. The van der Waals surface area contributed by atoms with Crippen LogP contribution in [0.3, 0.4) is 0 Å². The Balaban J connectivity index is 1.77. The molecule has 1 N–H and O–H groups in total. The van der Waals surface area contributed by atoms with Crippen LogP contribution in [-0.2, 0) is 0 Å². The zero-order valence-corrected chi connectivity index (χ0v) is 15.0. The lowest BCUT2D eigenvalue weighted by Gasteiger charge is -2.26. The van der Waals surface area contributed by atoms with Crippen molar-refractivity contribution in [3.05, 3.63) is 57.8 Å². The molecule has 1 aromatic carbocycles. The molecular weight excluding hydrogens is 361 g/mol. The van der Waals surface area contributed by atoms with Crippen LogP contribution >= 0.6 is 23.2 Å². The van der Waals surface area contributed by atoms with Gasteiger partial charge < -0.3 is 10.2 Å². The summed E-state index contributed by atoms with van der Waals surface area (Å²) < 4.78 is 0. The van der Waals surface area contributed by atoms with Crippen LogP contribution in [0, 0.1) is 0 Å². The zero-order valence-electron chi connectivity index (χ0n) is 13.5. The lowest BCUT2D eigenvalue weighted by Crippen LogP contribution is -2.36. The van der Waals surface area contributed by atoms with Crippen molar-refractivity contribution >= 4 is 40.7 Å². The molecule has 2 heterocycles. The quantitative estimate of drug-likeness (QED) is 0.868. The Morgan fingerprint density at radius 3 is 2.56 bits per heavy atom. The predicted octanol–water partition coefficient (Wildman–Crippen LogP) is 4.27. The largest absolute Gasteiger partial charge is 0.337 e. The summed E-state index contributed by atoms with van der Waals surface area (Å²) in [6, 6.07) is 7.88. The summed E-state index contributed by atoms with van der Waals surface area (Å²) in [6.07, 6.45) is 4.60. The van der Waals surface area contributed by atoms with Gasteiger partial charge in [0.25, 0.3) is 11.8 Å². The summed E-state index contributed by atoms with van der Waals surface area (Å²) >= 11 is 12.0. The number of benzene rings is 1. The molecular formula is C18H17Cl2N3O2. The van der Waals surface area contributed by atoms with E-state index in [1.165, 1.54) is 12.3 Å². The van der Waals surface area contributed by atoms with Gasteiger partial charge in [-0.2, -0.15) is 0 Å². The van der Waals surface area contributed by atoms with E-state index in [1.54, 1.807) is 29.2 Å². The van der Waals surface area contributed by atoms with Gasteiger partial charge in [0.15, 0.2) is 0 Å². The molecule has 3 rings (SSSR count). The predicted molar refractivity (Wildman–Crippen MR) is 98.4 cm³/mol. The van der Waals surface area contributed by atoms with Gasteiger partial charge in [0, 0.05) is 29.9 Å². The van der Waals surface area contributed by atoms with Gasteiger partial charge in [0.05, 0.1) is 10.7 Å². The van der Waals surface area contributed by atoms with E-state index < -0.39 is 0 Å². The first-order chi connectivity index (χ1) is 12.0. The van der Waals surface area contributed by atoms with Crippen molar-refractivity contribution in [3.8, 4) is 0 Å². The summed E-state index contributed by atoms with van der Waals surface area (Å²) in [5.41, 5.74) is 1.03. The number of pyridine rings is 1. The monoisotopic (exact) mass is 377 g/mol. The number of carbonyl (C=O) groups is 2. The molecule has 0 radical (unpaired) electrons. The molecule has 2 aromatic rings. The molecule has 0 unspecified atom stereocenters. The van der Waals surface area contributed by atoms with Crippen molar-refractivity contribution in [1.82, 2.24) is 9.88 Å². The van der Waals surface area contributed by atoms with Crippen molar-refractivity contribution in [2.75, 3.05) is 18.4 Å². The molecule has 0 spiro atoms. The van der Waals surface area contributed by atoms with Crippen LogP contribution in [-0.4, -0.2) is 34.8 Å². The van der Waals surface area contributed by atoms with Gasteiger partial charge >= 0.3 is 0 Å². The molecule has 1 aromatic heterocycles. The van der Waals surface area contributed by atoms with Gasteiger partial charge in [0.1, 0.15) is 5.69 Å². The number of piperidine rings is 1. The van der Waals surface area contributed by atoms with Crippen LogP contribution in [0.4, 0.5) is 5.69 Å². The normalized spacial score (nSPS) is 14.2. The highest BCUT2D eigenvalue weighted by Crippen LogP contribution is 2.26. The van der Waals surface area contributed by atoms with Gasteiger partial charge in [-0.05, 0) is 49.6 Å². The van der Waals surface area contributed by atoms with Gasteiger partial charge in [-0.3, -0.25) is 14.6 Å². The van der Waals surface area contributed by atoms with Crippen molar-refractivity contribution in [3.63, 3.8) is 0 Å². The maximum absolute atomic E-state index is 12.5. The second kappa shape index (κ2) is 7.85. The maximum atomic E-state index is 12.5. The minimum absolute atomic E-state index is 0.143. The topological polar surface area (TPSA) is 62.3 Å². The third kappa shape index (κ3) is 4.30. The molecule has 130 valence electrons. The molecule has 5 nitrogen and oxygen atoms in total. The minimum Gasteiger partial charge on any atom is -0.337 e. The van der Waals surface area contributed by atoms with E-state index in [0.717, 1.165) is 32.4 Å². The Labute approximate surface area is 155 Å². The molecule has 0 atom stereocenters. The zero-order chi connectivity index (χ0) is 17.8. The summed E-state index contributed by atoms with van der Waals surface area (Å²) in [4.78, 5) is 30.9. The summed E-state index contributed by atoms with van der Waals surface area (Å²) in [5.74, 6) is -0.519. The first-order valence-corrected chi connectivity index (χ1v) is 8.82. The first-order valence-electron chi connectivity index (χ1n) is 8.06. The second-order valence-electron chi connectivity index (χ2n) is 5.86. The van der Waals surface area contributed by atoms with Gasteiger partial charge in [-0.25, -0.2) is 0 Å². The van der Waals surface area contributed by atoms with E-state index in [0.29, 0.717) is 21.3 Å². The minimum atomic E-state index is -0.376. The molecule has 0 aliphatic carbocycles. The number of likely N-dealkylation sites (tertiary alicyclic amines) is 1. The van der Waals surface area contributed by atoms with E-state index in [9.17, 15) is 9.59 Å². The van der Waals surface area contributed by atoms with Gasteiger partial charge in [0.2, 0.25) is 0 Å². The number of carbonyl (C=O) groups excluding carboxylic acids is 2. The van der Waals surface area contributed by atoms with Crippen molar-refractivity contribution in [2.24, 2.45) is 0 Å². The molecule has 1 fully saturated rings. The molecule has 7 heteroatoms. The van der Waals surface area contributed by atoms with E-state index >= 15 is 0 Å². The van der Waals surface area contributed by atoms with Crippen molar-refractivity contribution in [2.45, 2.75) is 19.3 Å². The van der Waals surface area contributed by atoms with Crippen LogP contribution in [0.25, 0.3) is 0 Å². The number of hydrogen-bond acceptors (Lipinski definition) is 3. The van der Waals surface area contributed by atoms with Crippen LogP contribution < -0.4 is 5.32 Å². The third-order valence-corrected chi connectivity index (χ3v) is 4.63. The Hall–Kier alpha value is -2.11. The summed E-state index contributed by atoms with van der Waals surface area (Å²) in [7, 11) is 0. The molecule has 1 saturated heterocycles. The summed E-state index contributed by atoms with van der Waals surface area (Å²) in [5, 5.41) is 3.56. The second-order valence-corrected chi connectivity index (χ2v) is 6.70. The number of rotatable bonds is 3. The fraction of sp³-hybridized carbons (Fsp3) is 0.278. The fourth-order valence-corrected chi connectivity index (χ4v) is 3.07. The van der Waals surface area contributed by atoms with E-state index in [1.807, 2.05) is 0 Å². The molecule has 2 amide bonds. The number of nitrogens with one attached hydrogen (secondary N) is 1. The number of halogens is 2. The third-order valence-electron chi connectivity index (χ3n) is 4.06. The fourth-order valence-electron chi connectivity index (χ4n) is 2.74. The number of nitrogens with zero attached hydrogens (tertiary/aromatic N) is 2. The van der Waals surface area contributed by atoms with Gasteiger partial charge in [-0.1, -0.05) is 23.2 Å². The molecule has 0 bridgehead atoms. The Morgan fingerprint density at radius 2 is 1.80 bits per heavy atom. The lowest BCUT2D eigenvalue weighted by atomic mass is 10.1. The average Bonchev–Trinajstić information content (AvgIpc) is 2.65. The summed E-state index contributed by atoms with van der Waals surface area (Å²) in [6.45, 7) is 1.46. The molecule has 1 aliphatic heterocycles. The number of anilines is 1. The van der Waals surface area contributed by atoms with E-state index in [-0.39, 0.29) is 17.5 Å². The van der Waals surface area contributed by atoms with E-state index in [2.05, 4.69) is 10.3 Å². The van der Waals surface area contributed by atoms with Crippen LogP contribution in [0.2, 0.25) is 10.0 Å². The standard InChI is InChI=1S/C18H17Cl2N3O2/c19-13-4-5-14(20)15(11-13)22-17(24)12-6-7-21-16(10-12)18(25)23-8-2-1-3-9-23/h4-7,10-11H,1-3,8-9H2,(H,22,24). The van der Waals surface area contributed by atoms with E-state index in [4.69, 9.17) is 23.2 Å². The number of aromatic nitrogens is 1. The molecule has 25 heavy (non-hydrogen) atoms. The van der Waals surface area contributed by atoms with Crippen molar-refractivity contribution in [1.29, 1.82) is 0 Å².